The van der Waals surface area contributed by atoms with E-state index in [1.54, 1.807) is 0 Å². The molecule has 0 N–H and O–H groups in total. The van der Waals surface area contributed by atoms with E-state index in [4.69, 9.17) is 9.47 Å². The van der Waals surface area contributed by atoms with Crippen LogP contribution in [0.1, 0.15) is 64.7 Å². The topological polar surface area (TPSA) is 35.5 Å². The number of unbranched alkanes of at least 4 members (excludes halogenated alkanes) is 6. The maximum absolute atomic E-state index is 11.5. The summed E-state index contributed by atoms with van der Waals surface area (Å²) in [5.74, 6) is -0.0472. The molecule has 17 heavy (non-hydrogen) atoms. The standard InChI is InChI=1S/C14H26O3/c1-2-3-4-5-6-7-8-9-14(15)17-13-10-11-16-12-13/h13H,2-12H2,1H3. The molecule has 1 saturated heterocycles. The van der Waals surface area contributed by atoms with E-state index in [2.05, 4.69) is 6.92 Å². The second-order valence-corrected chi connectivity index (χ2v) is 4.85. The molecule has 1 fully saturated rings. The van der Waals surface area contributed by atoms with Gasteiger partial charge in [0, 0.05) is 12.8 Å². The van der Waals surface area contributed by atoms with Gasteiger partial charge in [-0.25, -0.2) is 0 Å². The van der Waals surface area contributed by atoms with Crippen LogP contribution in [0.2, 0.25) is 0 Å². The van der Waals surface area contributed by atoms with E-state index >= 15 is 0 Å². The molecule has 1 aliphatic heterocycles. The minimum absolute atomic E-state index is 0.0204. The predicted molar refractivity (Wildman–Crippen MR) is 67.9 cm³/mol. The van der Waals surface area contributed by atoms with Crippen molar-refractivity contribution in [3.8, 4) is 0 Å². The zero-order chi connectivity index (χ0) is 12.3. The third-order valence-corrected chi connectivity index (χ3v) is 3.17. The van der Waals surface area contributed by atoms with Crippen LogP contribution in [0.5, 0.6) is 0 Å². The molecule has 0 saturated carbocycles. The van der Waals surface area contributed by atoms with Gasteiger partial charge in [-0.1, -0.05) is 45.4 Å². The number of ether oxygens (including phenoxy) is 2. The van der Waals surface area contributed by atoms with E-state index < -0.39 is 0 Å². The lowest BCUT2D eigenvalue weighted by Crippen LogP contribution is -2.17. The summed E-state index contributed by atoms with van der Waals surface area (Å²) in [6.07, 6.45) is 10.1. The average molecular weight is 242 g/mol. The number of carbonyl (C=O) groups excluding carboxylic acids is 1. The zero-order valence-corrected chi connectivity index (χ0v) is 11.1. The van der Waals surface area contributed by atoms with E-state index in [0.717, 1.165) is 25.9 Å². The van der Waals surface area contributed by atoms with Gasteiger partial charge in [-0.15, -0.1) is 0 Å². The lowest BCUT2D eigenvalue weighted by Gasteiger charge is -2.09. The van der Waals surface area contributed by atoms with Crippen LogP contribution >= 0.6 is 0 Å². The van der Waals surface area contributed by atoms with Crippen molar-refractivity contribution in [2.24, 2.45) is 0 Å². The Bertz CT molecular complexity index is 198. The molecule has 1 unspecified atom stereocenters. The van der Waals surface area contributed by atoms with Gasteiger partial charge in [-0.2, -0.15) is 0 Å². The quantitative estimate of drug-likeness (QED) is 0.459. The first-order valence-electron chi connectivity index (χ1n) is 7.10. The lowest BCUT2D eigenvalue weighted by atomic mass is 10.1. The van der Waals surface area contributed by atoms with E-state index in [1.807, 2.05) is 0 Å². The Kier molecular flexibility index (Phi) is 8.06. The highest BCUT2D eigenvalue weighted by atomic mass is 16.6. The summed E-state index contributed by atoms with van der Waals surface area (Å²) in [4.78, 5) is 11.5. The van der Waals surface area contributed by atoms with E-state index in [1.165, 1.54) is 32.1 Å². The normalized spacial score (nSPS) is 19.5. The van der Waals surface area contributed by atoms with Crippen LogP contribution in [-0.2, 0) is 14.3 Å². The highest BCUT2D eigenvalue weighted by Gasteiger charge is 2.19. The van der Waals surface area contributed by atoms with Crippen molar-refractivity contribution in [2.45, 2.75) is 70.8 Å². The monoisotopic (exact) mass is 242 g/mol. The number of esters is 1. The molecule has 0 aliphatic carbocycles. The van der Waals surface area contributed by atoms with Gasteiger partial charge >= 0.3 is 5.97 Å². The molecule has 1 heterocycles. The van der Waals surface area contributed by atoms with Gasteiger partial charge in [0.05, 0.1) is 13.2 Å². The molecule has 3 nitrogen and oxygen atoms in total. The average Bonchev–Trinajstić information content (AvgIpc) is 2.80. The second-order valence-electron chi connectivity index (χ2n) is 4.85. The first-order valence-corrected chi connectivity index (χ1v) is 7.10. The number of rotatable bonds is 9. The second kappa shape index (κ2) is 9.46. The largest absolute Gasteiger partial charge is 0.460 e. The predicted octanol–water partition coefficient (Wildman–Crippen LogP) is 3.46. The lowest BCUT2D eigenvalue weighted by molar-refractivity contribution is -0.149. The first kappa shape index (κ1) is 14.5. The Hall–Kier alpha value is -0.570. The molecule has 1 rings (SSSR count). The van der Waals surface area contributed by atoms with Gasteiger partial charge in [0.2, 0.25) is 0 Å². The van der Waals surface area contributed by atoms with Crippen LogP contribution in [0.4, 0.5) is 0 Å². The molecule has 1 atom stereocenters. The molecule has 0 aromatic rings. The van der Waals surface area contributed by atoms with Crippen LogP contribution in [0.3, 0.4) is 0 Å². The molecule has 0 aromatic heterocycles. The van der Waals surface area contributed by atoms with Gasteiger partial charge in [0.1, 0.15) is 6.10 Å². The van der Waals surface area contributed by atoms with Crippen molar-refractivity contribution in [2.75, 3.05) is 13.2 Å². The van der Waals surface area contributed by atoms with Gasteiger partial charge < -0.3 is 9.47 Å². The summed E-state index contributed by atoms with van der Waals surface area (Å²) in [5, 5.41) is 0. The first-order chi connectivity index (χ1) is 8.33. The van der Waals surface area contributed by atoms with Crippen molar-refractivity contribution >= 4 is 5.97 Å². The van der Waals surface area contributed by atoms with Crippen molar-refractivity contribution in [3.05, 3.63) is 0 Å². The van der Waals surface area contributed by atoms with Crippen LogP contribution < -0.4 is 0 Å². The van der Waals surface area contributed by atoms with Gasteiger partial charge in [0.15, 0.2) is 0 Å². The maximum atomic E-state index is 11.5. The van der Waals surface area contributed by atoms with Crippen molar-refractivity contribution in [3.63, 3.8) is 0 Å². The Morgan fingerprint density at radius 1 is 1.18 bits per heavy atom. The minimum atomic E-state index is -0.0472. The SMILES string of the molecule is CCCCCCCCCC(=O)OC1CCOC1. The zero-order valence-electron chi connectivity index (χ0n) is 11.1. The van der Waals surface area contributed by atoms with Crippen molar-refractivity contribution in [1.29, 1.82) is 0 Å². The molecular weight excluding hydrogens is 216 g/mol. The number of hydrogen-bond donors (Lipinski definition) is 0. The van der Waals surface area contributed by atoms with Crippen LogP contribution in [-0.4, -0.2) is 25.3 Å². The molecule has 3 heteroatoms. The summed E-state index contributed by atoms with van der Waals surface area (Å²) in [7, 11) is 0. The van der Waals surface area contributed by atoms with Crippen LogP contribution in [0, 0.1) is 0 Å². The Labute approximate surface area is 105 Å². The highest BCUT2D eigenvalue weighted by Crippen LogP contribution is 2.12. The van der Waals surface area contributed by atoms with Gasteiger partial charge in [-0.3, -0.25) is 4.79 Å². The smallest absolute Gasteiger partial charge is 0.306 e. The fourth-order valence-electron chi connectivity index (χ4n) is 2.08. The molecule has 0 amide bonds. The Balaban J connectivity index is 1.86. The summed E-state index contributed by atoms with van der Waals surface area (Å²) in [6.45, 7) is 3.54. The Morgan fingerprint density at radius 3 is 2.53 bits per heavy atom. The summed E-state index contributed by atoms with van der Waals surface area (Å²) < 4.78 is 10.5. The fraction of sp³-hybridized carbons (Fsp3) is 0.929. The maximum Gasteiger partial charge on any atom is 0.306 e. The van der Waals surface area contributed by atoms with E-state index in [9.17, 15) is 4.79 Å². The third-order valence-electron chi connectivity index (χ3n) is 3.17. The van der Waals surface area contributed by atoms with Crippen LogP contribution in [0.25, 0.3) is 0 Å². The molecule has 0 spiro atoms. The summed E-state index contributed by atoms with van der Waals surface area (Å²) in [5.41, 5.74) is 0. The molecule has 0 radical (unpaired) electrons. The van der Waals surface area contributed by atoms with Gasteiger partial charge in [0.25, 0.3) is 0 Å². The molecular formula is C14H26O3. The van der Waals surface area contributed by atoms with Crippen molar-refractivity contribution in [1.82, 2.24) is 0 Å². The third kappa shape index (κ3) is 7.37. The van der Waals surface area contributed by atoms with E-state index in [0.29, 0.717) is 13.0 Å². The highest BCUT2D eigenvalue weighted by molar-refractivity contribution is 5.69. The Morgan fingerprint density at radius 2 is 1.88 bits per heavy atom. The molecule has 0 bridgehead atoms. The number of hydrogen-bond acceptors (Lipinski definition) is 3. The minimum Gasteiger partial charge on any atom is -0.460 e. The number of carbonyl (C=O) groups is 1. The van der Waals surface area contributed by atoms with Crippen LogP contribution in [0.15, 0.2) is 0 Å². The molecule has 100 valence electrons. The summed E-state index contributed by atoms with van der Waals surface area (Å²) in [6, 6.07) is 0. The summed E-state index contributed by atoms with van der Waals surface area (Å²) >= 11 is 0. The van der Waals surface area contributed by atoms with E-state index in [-0.39, 0.29) is 12.1 Å². The van der Waals surface area contributed by atoms with Crippen molar-refractivity contribution < 1.29 is 14.3 Å². The molecule has 1 aliphatic rings. The fourth-order valence-corrected chi connectivity index (χ4v) is 2.08. The van der Waals surface area contributed by atoms with Gasteiger partial charge in [-0.05, 0) is 6.42 Å². The molecule has 0 aromatic carbocycles.